The number of fused-ring (bicyclic) bond motifs is 1. The highest BCUT2D eigenvalue weighted by molar-refractivity contribution is 6.34. The number of nitrogens with zero attached hydrogens (tertiary/aromatic N) is 1. The largest absolute Gasteiger partial charge is 0.454 e. The monoisotopic (exact) mass is 297 g/mol. The quantitative estimate of drug-likeness (QED) is 0.868. The number of hydrogen-bond acceptors (Lipinski definition) is 5. The molecule has 1 aromatic carbocycles. The molecule has 2 aliphatic rings. The molecule has 2 heterocycles. The zero-order valence-electron chi connectivity index (χ0n) is 10.9. The van der Waals surface area contributed by atoms with Gasteiger partial charge < -0.3 is 20.1 Å². The van der Waals surface area contributed by atoms with E-state index in [0.29, 0.717) is 28.8 Å². The van der Waals surface area contributed by atoms with Crippen LogP contribution in [0.15, 0.2) is 12.1 Å². The Kier molecular flexibility index (Phi) is 3.95. The second kappa shape index (κ2) is 5.87. The predicted molar refractivity (Wildman–Crippen MR) is 75.5 cm³/mol. The van der Waals surface area contributed by atoms with Crippen molar-refractivity contribution in [1.82, 2.24) is 10.2 Å². The molecule has 0 atom stereocenters. The van der Waals surface area contributed by atoms with E-state index in [4.69, 9.17) is 21.1 Å². The van der Waals surface area contributed by atoms with E-state index >= 15 is 0 Å². The van der Waals surface area contributed by atoms with Crippen LogP contribution < -0.4 is 20.1 Å². The lowest BCUT2D eigenvalue weighted by Crippen LogP contribution is -2.46. The van der Waals surface area contributed by atoms with Crippen molar-refractivity contribution in [1.29, 1.82) is 0 Å². The molecule has 0 unspecified atom stereocenters. The second-order valence-corrected chi connectivity index (χ2v) is 5.17. The first-order chi connectivity index (χ1) is 9.72. The summed E-state index contributed by atoms with van der Waals surface area (Å²) in [6, 6.07) is 3.35. The van der Waals surface area contributed by atoms with Crippen molar-refractivity contribution < 1.29 is 14.3 Å². The molecule has 1 aromatic rings. The summed E-state index contributed by atoms with van der Waals surface area (Å²) in [5.74, 6) is 1.13. The molecule has 20 heavy (non-hydrogen) atoms. The lowest BCUT2D eigenvalue weighted by atomic mass is 10.2. The van der Waals surface area contributed by atoms with Crippen molar-refractivity contribution in [2.45, 2.75) is 0 Å². The van der Waals surface area contributed by atoms with Crippen molar-refractivity contribution >= 4 is 23.2 Å². The summed E-state index contributed by atoms with van der Waals surface area (Å²) < 4.78 is 10.5. The molecule has 1 amide bonds. The Morgan fingerprint density at radius 3 is 2.75 bits per heavy atom. The predicted octanol–water partition coefficient (Wildman–Crippen LogP) is 0.912. The van der Waals surface area contributed by atoms with E-state index in [1.165, 1.54) is 0 Å². The third-order valence-electron chi connectivity index (χ3n) is 3.31. The molecule has 1 saturated heterocycles. The summed E-state index contributed by atoms with van der Waals surface area (Å²) in [5, 5.41) is 6.52. The maximum atomic E-state index is 12.0. The summed E-state index contributed by atoms with van der Waals surface area (Å²) in [5.41, 5.74) is 0.552. The smallest absolute Gasteiger partial charge is 0.238 e. The molecule has 0 bridgehead atoms. The van der Waals surface area contributed by atoms with E-state index in [1.807, 2.05) is 0 Å². The summed E-state index contributed by atoms with van der Waals surface area (Å²) in [6.45, 7) is 4.14. The van der Waals surface area contributed by atoms with Crippen molar-refractivity contribution in [3.8, 4) is 11.5 Å². The number of ether oxygens (including phenoxy) is 2. The first-order valence-corrected chi connectivity index (χ1v) is 6.92. The fourth-order valence-electron chi connectivity index (χ4n) is 2.28. The third-order valence-corrected chi connectivity index (χ3v) is 3.63. The third kappa shape index (κ3) is 2.98. The van der Waals surface area contributed by atoms with Crippen LogP contribution in [0.25, 0.3) is 0 Å². The molecule has 0 aromatic heterocycles. The number of rotatable bonds is 3. The van der Waals surface area contributed by atoms with Gasteiger partial charge in [-0.1, -0.05) is 11.6 Å². The van der Waals surface area contributed by atoms with E-state index in [0.717, 1.165) is 26.2 Å². The van der Waals surface area contributed by atoms with Crippen LogP contribution in [0, 0.1) is 0 Å². The van der Waals surface area contributed by atoms with Crippen molar-refractivity contribution in [3.05, 3.63) is 17.2 Å². The molecular formula is C13H16ClN3O3. The fourth-order valence-corrected chi connectivity index (χ4v) is 2.48. The molecule has 2 aliphatic heterocycles. The first kappa shape index (κ1) is 13.5. The maximum absolute atomic E-state index is 12.0. The Balaban J connectivity index is 1.63. The van der Waals surface area contributed by atoms with E-state index in [1.54, 1.807) is 12.1 Å². The number of amides is 1. The topological polar surface area (TPSA) is 62.8 Å². The maximum Gasteiger partial charge on any atom is 0.238 e. The normalized spacial score (nSPS) is 18.1. The van der Waals surface area contributed by atoms with Crippen molar-refractivity contribution in [3.63, 3.8) is 0 Å². The van der Waals surface area contributed by atoms with Gasteiger partial charge in [-0.05, 0) is 0 Å². The van der Waals surface area contributed by atoms with Crippen LogP contribution in [0.2, 0.25) is 5.02 Å². The molecule has 0 radical (unpaired) electrons. The van der Waals surface area contributed by atoms with Gasteiger partial charge >= 0.3 is 0 Å². The summed E-state index contributed by atoms with van der Waals surface area (Å²) in [4.78, 5) is 14.1. The van der Waals surface area contributed by atoms with Crippen LogP contribution in [0.1, 0.15) is 0 Å². The van der Waals surface area contributed by atoms with Crippen LogP contribution in [0.4, 0.5) is 5.69 Å². The lowest BCUT2D eigenvalue weighted by molar-refractivity contribution is -0.117. The SMILES string of the molecule is O=C(CN1CCNCC1)Nc1cc2c(cc1Cl)OCO2. The molecule has 0 spiro atoms. The van der Waals surface area contributed by atoms with Gasteiger partial charge in [0, 0.05) is 38.3 Å². The Morgan fingerprint density at radius 2 is 2.00 bits per heavy atom. The van der Waals surface area contributed by atoms with E-state index in [9.17, 15) is 4.79 Å². The van der Waals surface area contributed by atoms with E-state index in [2.05, 4.69) is 15.5 Å². The van der Waals surface area contributed by atoms with Crippen LogP contribution in [0.5, 0.6) is 11.5 Å². The van der Waals surface area contributed by atoms with Gasteiger partial charge in [-0.2, -0.15) is 0 Å². The highest BCUT2D eigenvalue weighted by Gasteiger charge is 2.19. The molecular weight excluding hydrogens is 282 g/mol. The average Bonchev–Trinajstić information content (AvgIpc) is 2.87. The van der Waals surface area contributed by atoms with E-state index in [-0.39, 0.29) is 12.7 Å². The minimum absolute atomic E-state index is 0.0762. The van der Waals surface area contributed by atoms with Crippen LogP contribution >= 0.6 is 11.6 Å². The molecule has 1 fully saturated rings. The highest BCUT2D eigenvalue weighted by atomic mass is 35.5. The number of nitrogens with one attached hydrogen (secondary N) is 2. The number of hydrogen-bond donors (Lipinski definition) is 2. The van der Waals surface area contributed by atoms with Gasteiger partial charge in [0.25, 0.3) is 0 Å². The van der Waals surface area contributed by atoms with E-state index < -0.39 is 0 Å². The molecule has 0 aliphatic carbocycles. The Hall–Kier alpha value is -1.50. The Labute approximate surface area is 122 Å². The first-order valence-electron chi connectivity index (χ1n) is 6.54. The van der Waals surface area contributed by atoms with Crippen molar-refractivity contribution in [2.24, 2.45) is 0 Å². The molecule has 0 saturated carbocycles. The summed E-state index contributed by atoms with van der Waals surface area (Å²) >= 11 is 6.12. The Bertz CT molecular complexity index is 518. The minimum atomic E-state index is -0.0762. The Morgan fingerprint density at radius 1 is 1.30 bits per heavy atom. The fraction of sp³-hybridized carbons (Fsp3) is 0.462. The molecule has 7 heteroatoms. The molecule has 108 valence electrons. The van der Waals surface area contributed by atoms with Gasteiger partial charge in [-0.3, -0.25) is 9.69 Å². The second-order valence-electron chi connectivity index (χ2n) is 4.76. The standard InChI is InChI=1S/C13H16ClN3O3/c14-9-5-11-12(20-8-19-11)6-10(9)16-13(18)7-17-3-1-15-2-4-17/h5-6,15H,1-4,7-8H2,(H,16,18). The number of carbonyl (C=O) groups is 1. The van der Waals surface area contributed by atoms with Gasteiger partial charge in [0.05, 0.1) is 17.3 Å². The van der Waals surface area contributed by atoms with Gasteiger partial charge in [-0.25, -0.2) is 0 Å². The summed E-state index contributed by atoms with van der Waals surface area (Å²) in [7, 11) is 0. The van der Waals surface area contributed by atoms with Crippen LogP contribution in [-0.4, -0.2) is 50.3 Å². The molecule has 6 nitrogen and oxygen atoms in total. The van der Waals surface area contributed by atoms with Gasteiger partial charge in [0.15, 0.2) is 11.5 Å². The number of benzene rings is 1. The molecule has 2 N–H and O–H groups in total. The zero-order chi connectivity index (χ0) is 13.9. The lowest BCUT2D eigenvalue weighted by Gasteiger charge is -2.26. The molecule has 3 rings (SSSR count). The van der Waals surface area contributed by atoms with Gasteiger partial charge in [0.2, 0.25) is 12.7 Å². The van der Waals surface area contributed by atoms with Gasteiger partial charge in [-0.15, -0.1) is 0 Å². The zero-order valence-corrected chi connectivity index (χ0v) is 11.7. The number of anilines is 1. The van der Waals surface area contributed by atoms with Gasteiger partial charge in [0.1, 0.15) is 0 Å². The highest BCUT2D eigenvalue weighted by Crippen LogP contribution is 2.39. The number of halogens is 1. The van der Waals surface area contributed by atoms with Crippen LogP contribution in [0.3, 0.4) is 0 Å². The minimum Gasteiger partial charge on any atom is -0.454 e. The number of piperazine rings is 1. The van der Waals surface area contributed by atoms with Crippen LogP contribution in [-0.2, 0) is 4.79 Å². The van der Waals surface area contributed by atoms with Crippen molar-refractivity contribution in [2.75, 3.05) is 44.8 Å². The summed E-state index contributed by atoms with van der Waals surface area (Å²) in [6.07, 6.45) is 0. The number of carbonyl (C=O) groups excluding carboxylic acids is 1. The average molecular weight is 298 g/mol.